The third kappa shape index (κ3) is 4.69. The molecule has 1 aliphatic rings. The van der Waals surface area contributed by atoms with Gasteiger partial charge in [0.15, 0.2) is 5.69 Å². The summed E-state index contributed by atoms with van der Waals surface area (Å²) >= 11 is 0. The number of carbonyl (C=O) groups is 1. The fourth-order valence-electron chi connectivity index (χ4n) is 4.12. The molecule has 0 aliphatic carbocycles. The van der Waals surface area contributed by atoms with Gasteiger partial charge in [0.25, 0.3) is 5.56 Å². The van der Waals surface area contributed by atoms with E-state index in [2.05, 4.69) is 4.98 Å². The van der Waals surface area contributed by atoms with Gasteiger partial charge in [-0.25, -0.2) is 4.79 Å². The lowest BCUT2D eigenvalue weighted by molar-refractivity contribution is -0.123. The third-order valence-corrected chi connectivity index (χ3v) is 5.90. The highest BCUT2D eigenvalue weighted by atomic mass is 16.5. The van der Waals surface area contributed by atoms with Crippen molar-refractivity contribution in [2.45, 2.75) is 32.7 Å². The molecule has 4 rings (SSSR count). The number of benzene rings is 2. The number of nitrogens with two attached hydrogens (primary N) is 1. The number of aromatic nitrogens is 2. The van der Waals surface area contributed by atoms with E-state index >= 15 is 0 Å². The number of unbranched alkanes of at least 4 members (excludes halogenated alkanes) is 1. The van der Waals surface area contributed by atoms with E-state index in [9.17, 15) is 14.4 Å². The predicted octanol–water partition coefficient (Wildman–Crippen LogP) is 2.55. The highest BCUT2D eigenvalue weighted by Crippen LogP contribution is 2.29. The van der Waals surface area contributed by atoms with Crippen LogP contribution in [0.25, 0.3) is 0 Å². The van der Waals surface area contributed by atoms with E-state index in [1.807, 2.05) is 61.5 Å². The van der Waals surface area contributed by atoms with Crippen molar-refractivity contribution < 1.29 is 9.53 Å². The van der Waals surface area contributed by atoms with E-state index < -0.39 is 17.2 Å². The minimum absolute atomic E-state index is 0.0165. The molecule has 1 unspecified atom stereocenters. The molecule has 172 valence electrons. The molecule has 0 fully saturated rings. The fraction of sp³-hybridized carbons (Fsp3) is 0.320. The van der Waals surface area contributed by atoms with E-state index in [0.29, 0.717) is 19.4 Å². The molecular weight excluding hydrogens is 420 g/mol. The highest BCUT2D eigenvalue weighted by Gasteiger charge is 2.32. The number of nitrogen functional groups attached to an aromatic ring is 1. The first-order valence-corrected chi connectivity index (χ1v) is 11.2. The van der Waals surface area contributed by atoms with Crippen molar-refractivity contribution >= 4 is 17.4 Å². The second kappa shape index (κ2) is 9.77. The van der Waals surface area contributed by atoms with Gasteiger partial charge in [-0.2, -0.15) is 0 Å². The predicted molar refractivity (Wildman–Crippen MR) is 128 cm³/mol. The molecule has 1 aliphatic heterocycles. The van der Waals surface area contributed by atoms with E-state index in [1.165, 1.54) is 9.47 Å². The Balaban J connectivity index is 1.71. The zero-order valence-electron chi connectivity index (χ0n) is 18.6. The molecule has 3 N–H and O–H groups in total. The van der Waals surface area contributed by atoms with E-state index in [0.717, 1.165) is 23.3 Å². The SMILES string of the molecule is CCCCN(C(=O)C1COc2ccccc2C1)c1c(N)n(Cc2ccccc2)c(=O)[nH]c1=O. The van der Waals surface area contributed by atoms with Crippen molar-refractivity contribution in [1.82, 2.24) is 9.55 Å². The zero-order chi connectivity index (χ0) is 23.4. The lowest BCUT2D eigenvalue weighted by atomic mass is 9.95. The Morgan fingerprint density at radius 2 is 1.88 bits per heavy atom. The number of anilines is 2. The summed E-state index contributed by atoms with van der Waals surface area (Å²) in [6.07, 6.45) is 2.03. The summed E-state index contributed by atoms with van der Waals surface area (Å²) in [6.45, 7) is 2.74. The molecule has 2 heterocycles. The number of hydrogen-bond donors (Lipinski definition) is 2. The number of para-hydroxylation sites is 1. The van der Waals surface area contributed by atoms with Gasteiger partial charge in [-0.15, -0.1) is 0 Å². The van der Waals surface area contributed by atoms with Crippen molar-refractivity contribution in [3.05, 3.63) is 86.6 Å². The maximum atomic E-state index is 13.6. The Bertz CT molecular complexity index is 1250. The highest BCUT2D eigenvalue weighted by molar-refractivity contribution is 5.97. The fourth-order valence-corrected chi connectivity index (χ4v) is 4.12. The maximum Gasteiger partial charge on any atom is 0.330 e. The summed E-state index contributed by atoms with van der Waals surface area (Å²) < 4.78 is 7.11. The van der Waals surface area contributed by atoms with Gasteiger partial charge >= 0.3 is 5.69 Å². The Kier molecular flexibility index (Phi) is 6.63. The van der Waals surface area contributed by atoms with E-state index in [-0.39, 0.29) is 30.6 Å². The lowest BCUT2D eigenvalue weighted by Gasteiger charge is -2.31. The molecule has 8 heteroatoms. The first kappa shape index (κ1) is 22.4. The van der Waals surface area contributed by atoms with Crippen molar-refractivity contribution in [2.24, 2.45) is 5.92 Å². The molecule has 1 aromatic heterocycles. The van der Waals surface area contributed by atoms with Gasteiger partial charge in [0, 0.05) is 6.54 Å². The van der Waals surface area contributed by atoms with Crippen molar-refractivity contribution in [1.29, 1.82) is 0 Å². The first-order chi connectivity index (χ1) is 16.0. The van der Waals surface area contributed by atoms with Gasteiger partial charge in [0.05, 0.1) is 12.5 Å². The van der Waals surface area contributed by atoms with Gasteiger partial charge in [0.2, 0.25) is 5.91 Å². The lowest BCUT2D eigenvalue weighted by Crippen LogP contribution is -2.46. The molecule has 0 spiro atoms. The summed E-state index contributed by atoms with van der Waals surface area (Å²) in [5.74, 6) is 0.0646. The number of fused-ring (bicyclic) bond motifs is 1. The van der Waals surface area contributed by atoms with Crippen LogP contribution >= 0.6 is 0 Å². The van der Waals surface area contributed by atoms with Crippen molar-refractivity contribution in [3.8, 4) is 5.75 Å². The molecule has 1 atom stereocenters. The van der Waals surface area contributed by atoms with Crippen LogP contribution in [0.5, 0.6) is 5.75 Å². The summed E-state index contributed by atoms with van der Waals surface area (Å²) in [5.41, 5.74) is 6.92. The van der Waals surface area contributed by atoms with Crippen LogP contribution in [0.15, 0.2) is 64.2 Å². The normalized spacial score (nSPS) is 14.9. The quantitative estimate of drug-likeness (QED) is 0.577. The average molecular weight is 449 g/mol. The summed E-state index contributed by atoms with van der Waals surface area (Å²) in [5, 5.41) is 0. The Morgan fingerprint density at radius 3 is 2.64 bits per heavy atom. The molecular formula is C25H28N4O4. The number of nitrogens with one attached hydrogen (secondary N) is 1. The molecule has 1 amide bonds. The van der Waals surface area contributed by atoms with Crippen molar-refractivity contribution in [2.75, 3.05) is 23.8 Å². The topological polar surface area (TPSA) is 110 Å². The average Bonchev–Trinajstić information content (AvgIpc) is 2.83. The smallest absolute Gasteiger partial charge is 0.330 e. The van der Waals surface area contributed by atoms with E-state index in [1.54, 1.807) is 0 Å². The van der Waals surface area contributed by atoms with Crippen LogP contribution in [-0.2, 0) is 17.8 Å². The standard InChI is InChI=1S/C25H28N4O4/c1-2-3-13-28(24(31)19-14-18-11-7-8-12-20(18)33-16-19)21-22(26)29(25(32)27-23(21)30)15-17-9-5-4-6-10-17/h4-12,19H,2-3,13-16,26H2,1H3,(H,27,30,32). The Hall–Kier alpha value is -3.81. The Morgan fingerprint density at radius 1 is 1.15 bits per heavy atom. The zero-order valence-corrected chi connectivity index (χ0v) is 18.6. The minimum atomic E-state index is -0.664. The van der Waals surface area contributed by atoms with Gasteiger partial charge in [-0.3, -0.25) is 19.1 Å². The molecule has 8 nitrogen and oxygen atoms in total. The number of aromatic amines is 1. The van der Waals surface area contributed by atoms with E-state index in [4.69, 9.17) is 10.5 Å². The van der Waals surface area contributed by atoms with Gasteiger partial charge in [0.1, 0.15) is 18.2 Å². The molecule has 0 radical (unpaired) electrons. The van der Waals surface area contributed by atoms with Crippen molar-refractivity contribution in [3.63, 3.8) is 0 Å². The number of carbonyl (C=O) groups excluding carboxylic acids is 1. The maximum absolute atomic E-state index is 13.6. The van der Waals surface area contributed by atoms with Gasteiger partial charge in [-0.1, -0.05) is 61.9 Å². The summed E-state index contributed by atoms with van der Waals surface area (Å²) in [7, 11) is 0. The second-order valence-electron chi connectivity index (χ2n) is 8.23. The van der Waals surface area contributed by atoms with Gasteiger partial charge in [-0.05, 0) is 30.0 Å². The number of H-pyrrole nitrogens is 1. The van der Waals surface area contributed by atoms with Crippen LogP contribution in [0, 0.1) is 5.92 Å². The largest absolute Gasteiger partial charge is 0.492 e. The number of amides is 1. The summed E-state index contributed by atoms with van der Waals surface area (Å²) in [6, 6.07) is 17.0. The molecule has 33 heavy (non-hydrogen) atoms. The van der Waals surface area contributed by atoms with Crippen LogP contribution in [0.1, 0.15) is 30.9 Å². The first-order valence-electron chi connectivity index (χ1n) is 11.2. The number of hydrogen-bond acceptors (Lipinski definition) is 5. The van der Waals surface area contributed by atoms with Gasteiger partial charge < -0.3 is 15.4 Å². The number of ether oxygens (including phenoxy) is 1. The van der Waals surface area contributed by atoms with Crippen LogP contribution in [-0.4, -0.2) is 28.6 Å². The molecule has 2 aromatic carbocycles. The summed E-state index contributed by atoms with van der Waals surface area (Å²) in [4.78, 5) is 42.8. The van der Waals surface area contributed by atoms with Crippen LogP contribution in [0.3, 0.4) is 0 Å². The monoisotopic (exact) mass is 448 g/mol. The van der Waals surface area contributed by atoms with Crippen LogP contribution in [0.2, 0.25) is 0 Å². The molecule has 0 saturated carbocycles. The van der Waals surface area contributed by atoms with Crippen LogP contribution in [0.4, 0.5) is 11.5 Å². The minimum Gasteiger partial charge on any atom is -0.492 e. The Labute approximate surface area is 191 Å². The molecule has 0 saturated heterocycles. The number of nitrogens with zero attached hydrogens (tertiary/aromatic N) is 2. The third-order valence-electron chi connectivity index (χ3n) is 5.90. The molecule has 3 aromatic rings. The molecule has 0 bridgehead atoms. The van der Waals surface area contributed by atoms with Crippen LogP contribution < -0.4 is 26.6 Å². The number of rotatable bonds is 7. The second-order valence-corrected chi connectivity index (χ2v) is 8.23.